The molecule has 0 aromatic heterocycles. The third-order valence-corrected chi connectivity index (χ3v) is 10.5. The van der Waals surface area contributed by atoms with E-state index in [1.807, 2.05) is 6.92 Å². The Hall–Kier alpha value is -0.370. The van der Waals surface area contributed by atoms with Crippen LogP contribution >= 0.6 is 10.3 Å². The van der Waals surface area contributed by atoms with Crippen molar-refractivity contribution in [2.45, 2.75) is 82.6 Å². The summed E-state index contributed by atoms with van der Waals surface area (Å²) < 4.78 is 146. The Balaban J connectivity index is 5.69. The van der Waals surface area contributed by atoms with Gasteiger partial charge in [-0.25, -0.2) is 3.63 Å². The molecule has 3 nitrogen and oxygen atoms in total. The molecule has 14 heteroatoms. The van der Waals surface area contributed by atoms with Crippen molar-refractivity contribution in [2.24, 2.45) is 0 Å². The summed E-state index contributed by atoms with van der Waals surface area (Å²) in [6.45, 7) is 4.65. The third-order valence-electron chi connectivity index (χ3n) is 4.59. The van der Waals surface area contributed by atoms with Gasteiger partial charge in [0.2, 0.25) is 0 Å². The van der Waals surface area contributed by atoms with Crippen molar-refractivity contribution in [2.75, 3.05) is 17.3 Å². The second-order valence-electron chi connectivity index (χ2n) is 6.70. The van der Waals surface area contributed by atoms with Crippen LogP contribution in [0.1, 0.15) is 59.3 Å². The first-order valence-electron chi connectivity index (χ1n) is 9.31. The molecule has 0 saturated heterocycles. The molecule has 0 amide bonds. The Morgan fingerprint density at radius 2 is 1.10 bits per heavy atom. The highest BCUT2D eigenvalue weighted by Gasteiger charge is 2.86. The van der Waals surface area contributed by atoms with Gasteiger partial charge in [0.05, 0.1) is 0 Å². The van der Waals surface area contributed by atoms with Crippen LogP contribution in [0.3, 0.4) is 0 Å². The van der Waals surface area contributed by atoms with E-state index in [0.717, 1.165) is 25.7 Å². The van der Waals surface area contributed by atoms with E-state index in [1.165, 1.54) is 13.8 Å². The quantitative estimate of drug-likeness (QED) is 0.192. The summed E-state index contributed by atoms with van der Waals surface area (Å²) in [5.74, 6) is -15.0. The lowest BCUT2D eigenvalue weighted by Crippen LogP contribution is -2.63. The molecule has 184 valence electrons. The monoisotopic (exact) mass is 502 g/mol. The van der Waals surface area contributed by atoms with Gasteiger partial charge in [-0.05, 0) is 17.9 Å². The molecular formula is C16H27F9O3S2. The molecule has 0 heterocycles. The van der Waals surface area contributed by atoms with Gasteiger partial charge in [-0.2, -0.15) is 47.9 Å². The number of rotatable bonds is 14. The summed E-state index contributed by atoms with van der Waals surface area (Å²) in [6, 6.07) is 0. The van der Waals surface area contributed by atoms with Gasteiger partial charge < -0.3 is 0 Å². The number of hydrogen-bond acceptors (Lipinski definition) is 3. The third kappa shape index (κ3) is 6.11. The molecule has 0 aliphatic heterocycles. The molecule has 0 N–H and O–H groups in total. The summed E-state index contributed by atoms with van der Waals surface area (Å²) in [5.41, 5.74) is 0. The second kappa shape index (κ2) is 10.5. The zero-order valence-electron chi connectivity index (χ0n) is 16.8. The Morgan fingerprint density at radius 3 is 1.50 bits per heavy atom. The topological polar surface area (TPSA) is 43.4 Å². The maximum Gasteiger partial charge on any atom is 0.460 e. The minimum absolute atomic E-state index is 0.0946. The van der Waals surface area contributed by atoms with Crippen molar-refractivity contribution in [1.82, 2.24) is 0 Å². The number of hydrogen-bond donors (Lipinski definition) is 0. The molecule has 0 unspecified atom stereocenters. The Kier molecular flexibility index (Phi) is 10.4. The molecule has 0 aromatic carbocycles. The number of alkyl halides is 9. The molecule has 0 atom stereocenters. The van der Waals surface area contributed by atoms with Crippen LogP contribution in [0.5, 0.6) is 0 Å². The van der Waals surface area contributed by atoms with E-state index in [9.17, 15) is 47.9 Å². The Morgan fingerprint density at radius 1 is 0.667 bits per heavy atom. The molecule has 0 aliphatic rings. The van der Waals surface area contributed by atoms with Gasteiger partial charge in [0.15, 0.2) is 0 Å². The van der Waals surface area contributed by atoms with E-state index in [2.05, 4.69) is 3.63 Å². The van der Waals surface area contributed by atoms with Crippen LogP contribution in [0.4, 0.5) is 39.5 Å². The second-order valence-corrected chi connectivity index (χ2v) is 12.2. The predicted octanol–water partition coefficient (Wildman–Crippen LogP) is 6.88. The summed E-state index contributed by atoms with van der Waals surface area (Å²) in [4.78, 5) is 0. The number of unbranched alkanes of at least 4 members (excludes halogenated alkanes) is 5. The van der Waals surface area contributed by atoms with Crippen LogP contribution in [0.15, 0.2) is 0 Å². The molecule has 0 fully saturated rings. The van der Waals surface area contributed by atoms with E-state index >= 15 is 0 Å². The lowest BCUT2D eigenvalue weighted by Gasteiger charge is -2.39. The minimum atomic E-state index is -7.30. The zero-order valence-corrected chi connectivity index (χ0v) is 18.4. The largest absolute Gasteiger partial charge is 0.460 e. The van der Waals surface area contributed by atoms with Crippen molar-refractivity contribution in [3.05, 3.63) is 0 Å². The Bertz CT molecular complexity index is 630. The fourth-order valence-corrected chi connectivity index (χ4v) is 7.58. The fourth-order valence-electron chi connectivity index (χ4n) is 2.52. The smallest absolute Gasteiger partial charge is 0.215 e. The highest BCUT2D eigenvalue weighted by molar-refractivity contribution is 8.33. The van der Waals surface area contributed by atoms with Gasteiger partial charge in [0.1, 0.15) is 0 Å². The Labute approximate surface area is 172 Å². The summed E-state index contributed by atoms with van der Waals surface area (Å²) in [7, 11) is -9.79. The predicted molar refractivity (Wildman–Crippen MR) is 97.8 cm³/mol. The maximum absolute atomic E-state index is 13.9. The van der Waals surface area contributed by atoms with Crippen molar-refractivity contribution in [3.8, 4) is 0 Å². The molecule has 0 spiro atoms. The molecule has 0 aliphatic carbocycles. The van der Waals surface area contributed by atoms with Crippen molar-refractivity contribution >= 4 is 20.4 Å². The molecule has 0 aromatic rings. The summed E-state index contributed by atoms with van der Waals surface area (Å²) in [5, 5.41) is -6.80. The van der Waals surface area contributed by atoms with Crippen molar-refractivity contribution in [1.29, 1.82) is 0 Å². The van der Waals surface area contributed by atoms with Gasteiger partial charge in [0, 0.05) is 5.75 Å². The van der Waals surface area contributed by atoms with Crippen LogP contribution in [-0.2, 0) is 13.7 Å². The van der Waals surface area contributed by atoms with Gasteiger partial charge in [0.25, 0.3) is 0 Å². The van der Waals surface area contributed by atoms with Gasteiger partial charge in [-0.15, -0.1) is 10.3 Å². The van der Waals surface area contributed by atoms with E-state index in [4.69, 9.17) is 0 Å². The molecule has 0 saturated carbocycles. The van der Waals surface area contributed by atoms with Crippen LogP contribution < -0.4 is 0 Å². The van der Waals surface area contributed by atoms with E-state index in [-0.39, 0.29) is 17.3 Å². The van der Waals surface area contributed by atoms with Crippen LogP contribution in [0.25, 0.3) is 0 Å². The van der Waals surface area contributed by atoms with Crippen LogP contribution in [0.2, 0.25) is 0 Å². The lowest BCUT2D eigenvalue weighted by atomic mass is 10.1. The lowest BCUT2D eigenvalue weighted by molar-refractivity contribution is -0.382. The minimum Gasteiger partial charge on any atom is -0.215 e. The molecule has 0 rings (SSSR count). The molecular weight excluding hydrogens is 475 g/mol. The summed E-state index contributed by atoms with van der Waals surface area (Å²) in [6.07, 6.45) is -2.73. The van der Waals surface area contributed by atoms with E-state index < -0.39 is 43.7 Å². The van der Waals surface area contributed by atoms with Crippen molar-refractivity contribution in [3.63, 3.8) is 0 Å². The van der Waals surface area contributed by atoms with Gasteiger partial charge in [-0.3, -0.25) is 0 Å². The standard InChI is InChI=1S/C16H27F9O3S2/c1-4-7-8-9-10-11-12-29(5-2,6-3)28-30(26,27)16(24,25)14(19,20)13(17,18)15(21,22)23/h4-12H2,1-3H3. The van der Waals surface area contributed by atoms with E-state index in [0.29, 0.717) is 12.8 Å². The zero-order chi connectivity index (χ0) is 24.1. The molecule has 30 heavy (non-hydrogen) atoms. The van der Waals surface area contributed by atoms with Crippen molar-refractivity contribution < 1.29 is 51.6 Å². The first-order valence-corrected chi connectivity index (χ1v) is 12.8. The van der Waals surface area contributed by atoms with Gasteiger partial charge >= 0.3 is 33.4 Å². The van der Waals surface area contributed by atoms with Crippen LogP contribution in [0, 0.1) is 0 Å². The molecule has 0 bridgehead atoms. The van der Waals surface area contributed by atoms with Gasteiger partial charge in [-0.1, -0.05) is 52.9 Å². The fraction of sp³-hybridized carbons (Fsp3) is 1.00. The highest BCUT2D eigenvalue weighted by Crippen LogP contribution is 2.59. The maximum atomic E-state index is 13.9. The average molecular weight is 503 g/mol. The first kappa shape index (κ1) is 29.6. The highest BCUT2D eigenvalue weighted by atomic mass is 32.3. The average Bonchev–Trinajstić information content (AvgIpc) is 2.62. The van der Waals surface area contributed by atoms with Crippen LogP contribution in [-0.4, -0.2) is 49.0 Å². The molecule has 0 radical (unpaired) electrons. The first-order chi connectivity index (χ1) is 13.4. The summed E-state index contributed by atoms with van der Waals surface area (Å²) >= 11 is 0. The normalized spacial score (nSPS) is 15.5. The van der Waals surface area contributed by atoms with E-state index in [1.54, 1.807) is 0 Å². The number of halogens is 9. The SMILES string of the molecule is CCCCCCCCS(CC)(CC)OS(=O)(=O)C(F)(F)C(F)(F)C(F)(F)C(F)(F)F.